The number of halogens is 1. The van der Waals surface area contributed by atoms with Gasteiger partial charge >= 0.3 is 0 Å². The summed E-state index contributed by atoms with van der Waals surface area (Å²) in [7, 11) is 0. The highest BCUT2D eigenvalue weighted by Gasteiger charge is 2.18. The monoisotopic (exact) mass is 445 g/mol. The van der Waals surface area contributed by atoms with Gasteiger partial charge in [0.15, 0.2) is 11.5 Å². The normalized spacial score (nSPS) is 12.1. The smallest absolute Gasteiger partial charge is 0.273 e. The van der Waals surface area contributed by atoms with E-state index in [2.05, 4.69) is 53.8 Å². The molecule has 0 aliphatic carbocycles. The number of aromatic amines is 1. The largest absolute Gasteiger partial charge is 0.337 e. The number of nitrogens with zero attached hydrogens (tertiary/aromatic N) is 6. The van der Waals surface area contributed by atoms with Gasteiger partial charge < -0.3 is 9.88 Å². The molecule has 5 rings (SSSR count). The van der Waals surface area contributed by atoms with E-state index in [4.69, 9.17) is 10.1 Å². The third kappa shape index (κ3) is 3.84. The summed E-state index contributed by atoms with van der Waals surface area (Å²) in [5.74, 6) is 0.864. The molecule has 0 saturated carbocycles. The van der Waals surface area contributed by atoms with Gasteiger partial charge in [-0.25, -0.2) is 4.39 Å². The Labute approximate surface area is 191 Å². The quantitative estimate of drug-likeness (QED) is 0.402. The van der Waals surface area contributed by atoms with Gasteiger partial charge in [-0.1, -0.05) is 32.0 Å². The van der Waals surface area contributed by atoms with E-state index in [9.17, 15) is 4.39 Å². The van der Waals surface area contributed by atoms with Crippen LogP contribution in [0, 0.1) is 19.7 Å². The van der Waals surface area contributed by atoms with Crippen molar-refractivity contribution in [2.45, 2.75) is 40.5 Å². The number of hydrogen-bond acceptors (Lipinski definition) is 5. The lowest BCUT2D eigenvalue weighted by molar-refractivity contribution is 0.308. The van der Waals surface area contributed by atoms with Crippen molar-refractivity contribution >= 4 is 27.8 Å². The topological polar surface area (TPSA) is 75.0 Å². The van der Waals surface area contributed by atoms with Crippen molar-refractivity contribution in [3.8, 4) is 0 Å². The second-order valence-electron chi connectivity index (χ2n) is 8.57. The summed E-state index contributed by atoms with van der Waals surface area (Å²) in [5, 5.41) is 14.5. The Hall–Kier alpha value is -3.39. The first-order valence-corrected chi connectivity index (χ1v) is 11.5. The fourth-order valence-electron chi connectivity index (χ4n) is 4.57. The highest BCUT2D eigenvalue weighted by Crippen LogP contribution is 2.31. The van der Waals surface area contributed by atoms with Gasteiger partial charge in [0.2, 0.25) is 0 Å². The van der Waals surface area contributed by atoms with Crippen molar-refractivity contribution in [2.24, 2.45) is 0 Å². The van der Waals surface area contributed by atoms with Gasteiger partial charge in [-0.05, 0) is 67.7 Å². The van der Waals surface area contributed by atoms with Crippen molar-refractivity contribution in [1.29, 1.82) is 0 Å². The number of aromatic nitrogens is 6. The van der Waals surface area contributed by atoms with E-state index in [-0.39, 0.29) is 5.82 Å². The zero-order valence-electron chi connectivity index (χ0n) is 19.5. The minimum absolute atomic E-state index is 0.257. The van der Waals surface area contributed by atoms with E-state index in [1.165, 1.54) is 28.8 Å². The second kappa shape index (κ2) is 8.51. The van der Waals surface area contributed by atoms with Gasteiger partial charge in [-0.2, -0.15) is 14.6 Å². The fraction of sp³-hybridized carbons (Fsp3) is 0.360. The maximum absolute atomic E-state index is 13.3. The summed E-state index contributed by atoms with van der Waals surface area (Å²) >= 11 is 0. The number of rotatable bonds is 7. The molecule has 170 valence electrons. The average molecular weight is 446 g/mol. The lowest BCUT2D eigenvalue weighted by Crippen LogP contribution is -2.25. The Bertz CT molecular complexity index is 1450. The molecule has 0 fully saturated rings. The third-order valence-electron chi connectivity index (χ3n) is 6.56. The summed E-state index contributed by atoms with van der Waals surface area (Å²) in [4.78, 5) is 10.6. The van der Waals surface area contributed by atoms with E-state index < -0.39 is 0 Å². The standard InChI is InChI=1S/C25H28FN7/c1-5-32(6-2)12-11-18-13-15(3)22-21(16(18)4)23-24(27-22)28-25-30-29-20(33(25)31-23)14-17-7-9-19(26)10-8-17/h7-10,13H,5-6,11-12,14H2,1-4H3,(H,27,28,30). The molecule has 0 bridgehead atoms. The predicted octanol–water partition coefficient (Wildman–Crippen LogP) is 4.38. The Morgan fingerprint density at radius 3 is 2.55 bits per heavy atom. The molecule has 0 saturated heterocycles. The number of H-pyrrole nitrogens is 1. The summed E-state index contributed by atoms with van der Waals surface area (Å²) in [6, 6.07) is 8.69. The molecule has 5 aromatic rings. The molecule has 33 heavy (non-hydrogen) atoms. The Kier molecular flexibility index (Phi) is 5.54. The number of likely N-dealkylation sites (N-methyl/N-ethyl adjacent to an activating group) is 1. The van der Waals surface area contributed by atoms with Crippen molar-refractivity contribution in [2.75, 3.05) is 19.6 Å². The Balaban J connectivity index is 1.61. The van der Waals surface area contributed by atoms with Crippen LogP contribution >= 0.6 is 0 Å². The third-order valence-corrected chi connectivity index (χ3v) is 6.56. The molecule has 2 aromatic carbocycles. The zero-order chi connectivity index (χ0) is 23.1. The van der Waals surface area contributed by atoms with Crippen LogP contribution in [0.3, 0.4) is 0 Å². The molecule has 3 aromatic heterocycles. The zero-order valence-corrected chi connectivity index (χ0v) is 19.5. The first kappa shape index (κ1) is 21.5. The van der Waals surface area contributed by atoms with Crippen LogP contribution in [0.1, 0.15) is 41.9 Å². The first-order chi connectivity index (χ1) is 16.0. The van der Waals surface area contributed by atoms with Gasteiger partial charge in [0.25, 0.3) is 5.78 Å². The molecule has 0 spiro atoms. The molecular formula is C25H28FN7. The summed E-state index contributed by atoms with van der Waals surface area (Å²) in [6.45, 7) is 11.8. The SMILES string of the molecule is CCN(CC)CCc1cc(C)c2[nH]c3nc4nnc(Cc5ccc(F)cc5)n4nc3c2c1C. The molecule has 0 aliphatic heterocycles. The first-order valence-electron chi connectivity index (χ1n) is 11.5. The van der Waals surface area contributed by atoms with Crippen molar-refractivity contribution < 1.29 is 4.39 Å². The minimum atomic E-state index is -0.257. The summed E-state index contributed by atoms with van der Waals surface area (Å²) < 4.78 is 15.0. The van der Waals surface area contributed by atoms with E-state index in [1.807, 2.05) is 0 Å². The molecule has 0 amide bonds. The number of fused-ring (bicyclic) bond motifs is 4. The maximum atomic E-state index is 13.3. The van der Waals surface area contributed by atoms with Crippen LogP contribution in [0.15, 0.2) is 30.3 Å². The summed E-state index contributed by atoms with van der Waals surface area (Å²) in [5.41, 5.74) is 7.30. The number of aryl methyl sites for hydroxylation is 2. The number of hydrogen-bond donors (Lipinski definition) is 1. The lowest BCUT2D eigenvalue weighted by atomic mass is 9.98. The van der Waals surface area contributed by atoms with Crippen molar-refractivity contribution in [3.63, 3.8) is 0 Å². The minimum Gasteiger partial charge on any atom is -0.337 e. The lowest BCUT2D eigenvalue weighted by Gasteiger charge is -2.19. The molecule has 8 heteroatoms. The van der Waals surface area contributed by atoms with Gasteiger partial charge in [0.05, 0.1) is 5.52 Å². The van der Waals surface area contributed by atoms with Crippen LogP contribution in [0.2, 0.25) is 0 Å². The Morgan fingerprint density at radius 1 is 1.06 bits per heavy atom. The molecule has 0 radical (unpaired) electrons. The maximum Gasteiger partial charge on any atom is 0.273 e. The number of benzene rings is 2. The van der Waals surface area contributed by atoms with E-state index >= 15 is 0 Å². The van der Waals surface area contributed by atoms with Crippen molar-refractivity contribution in [1.82, 2.24) is 34.7 Å². The number of nitrogens with one attached hydrogen (secondary N) is 1. The molecule has 0 atom stereocenters. The van der Waals surface area contributed by atoms with Crippen LogP contribution in [0.25, 0.3) is 27.8 Å². The van der Waals surface area contributed by atoms with Gasteiger partial charge in [-0.15, -0.1) is 10.2 Å². The molecular weight excluding hydrogens is 417 g/mol. The van der Waals surface area contributed by atoms with Crippen LogP contribution < -0.4 is 0 Å². The van der Waals surface area contributed by atoms with Gasteiger partial charge in [0.1, 0.15) is 11.3 Å². The van der Waals surface area contributed by atoms with Crippen LogP contribution in [-0.4, -0.2) is 54.3 Å². The fourth-order valence-corrected chi connectivity index (χ4v) is 4.57. The van der Waals surface area contributed by atoms with Gasteiger partial charge in [0, 0.05) is 18.4 Å². The average Bonchev–Trinajstić information content (AvgIpc) is 3.39. The van der Waals surface area contributed by atoms with E-state index in [0.29, 0.717) is 23.7 Å². The van der Waals surface area contributed by atoms with E-state index in [0.717, 1.165) is 48.0 Å². The highest BCUT2D eigenvalue weighted by molar-refractivity contribution is 6.07. The van der Waals surface area contributed by atoms with Gasteiger partial charge in [-0.3, -0.25) is 0 Å². The van der Waals surface area contributed by atoms with Crippen molar-refractivity contribution in [3.05, 3.63) is 64.2 Å². The predicted molar refractivity (Wildman–Crippen MR) is 128 cm³/mol. The molecule has 1 N–H and O–H groups in total. The molecule has 0 unspecified atom stereocenters. The Morgan fingerprint density at radius 2 is 1.82 bits per heavy atom. The molecule has 0 aliphatic rings. The second-order valence-corrected chi connectivity index (χ2v) is 8.57. The highest BCUT2D eigenvalue weighted by atomic mass is 19.1. The molecule has 7 nitrogen and oxygen atoms in total. The van der Waals surface area contributed by atoms with Crippen LogP contribution in [0.5, 0.6) is 0 Å². The van der Waals surface area contributed by atoms with E-state index in [1.54, 1.807) is 16.6 Å². The van der Waals surface area contributed by atoms with Crippen LogP contribution in [0.4, 0.5) is 4.39 Å². The van der Waals surface area contributed by atoms with Crippen LogP contribution in [-0.2, 0) is 12.8 Å². The summed E-state index contributed by atoms with van der Waals surface area (Å²) in [6.07, 6.45) is 1.49. The molecule has 3 heterocycles.